The molecule has 5 aliphatic rings. The number of hydrogen-bond acceptors (Lipinski definition) is 5. The van der Waals surface area contributed by atoms with E-state index in [9.17, 15) is 14.7 Å². The van der Waals surface area contributed by atoms with E-state index in [2.05, 4.69) is 6.58 Å². The average molecular weight is 324 g/mol. The van der Waals surface area contributed by atoms with Crippen LogP contribution in [0.25, 0.3) is 0 Å². The Kier molecular flexibility index (Phi) is 2.43. The Hall–Kier alpha value is -2.40. The second-order valence-corrected chi connectivity index (χ2v) is 6.93. The number of ketones is 2. The van der Waals surface area contributed by atoms with Crippen molar-refractivity contribution >= 4 is 11.6 Å². The van der Waals surface area contributed by atoms with Gasteiger partial charge < -0.3 is 14.6 Å². The molecule has 1 saturated heterocycles. The summed E-state index contributed by atoms with van der Waals surface area (Å²) in [5.41, 5.74) is -1.67. The van der Waals surface area contributed by atoms with Gasteiger partial charge in [-0.05, 0) is 18.6 Å². The normalized spacial score (nSPS) is 38.2. The number of rotatable bonds is 2. The minimum atomic E-state index is -1.19. The van der Waals surface area contributed by atoms with Gasteiger partial charge in [0.1, 0.15) is 17.1 Å². The summed E-state index contributed by atoms with van der Waals surface area (Å²) in [7, 11) is 0. The number of fused-ring (bicyclic) bond motifs is 1. The lowest BCUT2D eigenvalue weighted by molar-refractivity contribution is -0.165. The number of carbonyl (C=O) groups excluding carboxylic acids is 2. The van der Waals surface area contributed by atoms with Crippen LogP contribution in [0.4, 0.5) is 0 Å². The van der Waals surface area contributed by atoms with Gasteiger partial charge in [0.15, 0.2) is 22.8 Å². The summed E-state index contributed by atoms with van der Waals surface area (Å²) in [6.45, 7) is 4.15. The molecular weight excluding hydrogens is 308 g/mol. The Morgan fingerprint density at radius 1 is 1.38 bits per heavy atom. The third-order valence-corrected chi connectivity index (χ3v) is 5.93. The van der Waals surface area contributed by atoms with Crippen LogP contribution in [0.2, 0.25) is 0 Å². The quantitative estimate of drug-likeness (QED) is 0.844. The van der Waals surface area contributed by atoms with Gasteiger partial charge in [0.25, 0.3) is 0 Å². The fraction of sp³-hybridized carbons (Fsp3) is 0.368. The number of aromatic hydroxyl groups is 1. The van der Waals surface area contributed by atoms with Gasteiger partial charge in [-0.15, -0.1) is 6.58 Å². The maximum absolute atomic E-state index is 13.1. The highest BCUT2D eigenvalue weighted by Crippen LogP contribution is 2.63. The molecule has 0 aromatic heterocycles. The fourth-order valence-corrected chi connectivity index (χ4v) is 5.02. The molecule has 2 heterocycles. The molecular formula is C19H16O5. The predicted molar refractivity (Wildman–Crippen MR) is 84.0 cm³/mol. The van der Waals surface area contributed by atoms with Crippen LogP contribution in [0.1, 0.15) is 23.2 Å². The zero-order valence-electron chi connectivity index (χ0n) is 13.0. The summed E-state index contributed by atoms with van der Waals surface area (Å²) in [5.74, 6) is -0.484. The van der Waals surface area contributed by atoms with Gasteiger partial charge in [0.05, 0.1) is 6.61 Å². The third-order valence-electron chi connectivity index (χ3n) is 5.93. The lowest BCUT2D eigenvalue weighted by atomic mass is 9.53. The first kappa shape index (κ1) is 14.0. The molecule has 3 aliphatic carbocycles. The van der Waals surface area contributed by atoms with Crippen LogP contribution in [0, 0.1) is 11.8 Å². The standard InChI is InChI=1S/C19H16O5/c1-2-6-18-17(22)10-7-11(9-23-18)19(18)12(8-10)16(21)15-13(20)4-3-5-14(15)24-19/h2-5,8,10-11,20H,1,6-7,9H2/t10-,11-,18-,19-/m0/s1. The van der Waals surface area contributed by atoms with E-state index in [0.717, 1.165) is 0 Å². The molecule has 0 radical (unpaired) electrons. The first-order chi connectivity index (χ1) is 11.5. The van der Waals surface area contributed by atoms with Crippen LogP contribution in [-0.2, 0) is 9.53 Å². The largest absolute Gasteiger partial charge is 0.507 e. The molecule has 5 nitrogen and oxygen atoms in total. The third kappa shape index (κ3) is 1.25. The highest BCUT2D eigenvalue weighted by atomic mass is 16.6. The summed E-state index contributed by atoms with van der Waals surface area (Å²) < 4.78 is 12.3. The van der Waals surface area contributed by atoms with Crippen LogP contribution in [0.3, 0.4) is 0 Å². The Morgan fingerprint density at radius 3 is 3.00 bits per heavy atom. The van der Waals surface area contributed by atoms with Crippen molar-refractivity contribution in [2.45, 2.75) is 24.0 Å². The molecule has 1 aromatic carbocycles. The van der Waals surface area contributed by atoms with Crippen molar-refractivity contribution in [2.24, 2.45) is 11.8 Å². The van der Waals surface area contributed by atoms with Gasteiger partial charge >= 0.3 is 0 Å². The number of Topliss-reactive ketones (excluding diaryl/α,β-unsaturated/α-hetero) is 2. The van der Waals surface area contributed by atoms with E-state index in [4.69, 9.17) is 9.47 Å². The van der Waals surface area contributed by atoms with Crippen molar-refractivity contribution in [1.82, 2.24) is 0 Å². The first-order valence-corrected chi connectivity index (χ1v) is 8.12. The SMILES string of the molecule is C=CC[C@@]12OC[C@@H]3C[C@@H](C=C4C(=O)c5c(O)cccc5O[C@]431)C2=O. The summed E-state index contributed by atoms with van der Waals surface area (Å²) >= 11 is 0. The number of hydrogen-bond donors (Lipinski definition) is 1. The average Bonchev–Trinajstić information content (AvgIpc) is 2.81. The topological polar surface area (TPSA) is 72.8 Å². The van der Waals surface area contributed by atoms with Crippen molar-refractivity contribution in [1.29, 1.82) is 0 Å². The highest BCUT2D eigenvalue weighted by molar-refractivity contribution is 6.17. The maximum atomic E-state index is 13.1. The predicted octanol–water partition coefficient (Wildman–Crippen LogP) is 2.20. The molecule has 1 saturated carbocycles. The fourth-order valence-electron chi connectivity index (χ4n) is 5.02. The molecule has 0 amide bonds. The van der Waals surface area contributed by atoms with E-state index in [1.54, 1.807) is 24.3 Å². The second-order valence-electron chi connectivity index (χ2n) is 6.93. The smallest absolute Gasteiger partial charge is 0.200 e. The maximum Gasteiger partial charge on any atom is 0.200 e. The summed E-state index contributed by atoms with van der Waals surface area (Å²) in [6, 6.07) is 4.76. The number of benzene rings is 1. The van der Waals surface area contributed by atoms with E-state index >= 15 is 0 Å². The number of ether oxygens (including phenoxy) is 2. The zero-order chi connectivity index (χ0) is 16.7. The van der Waals surface area contributed by atoms with Gasteiger partial charge in [-0.3, -0.25) is 9.59 Å². The van der Waals surface area contributed by atoms with Crippen LogP contribution < -0.4 is 4.74 Å². The minimum Gasteiger partial charge on any atom is -0.507 e. The number of phenolic OH excluding ortho intramolecular Hbond substituents is 1. The van der Waals surface area contributed by atoms with Crippen molar-refractivity contribution in [3.63, 3.8) is 0 Å². The van der Waals surface area contributed by atoms with Crippen molar-refractivity contribution in [2.75, 3.05) is 6.61 Å². The Labute approximate surface area is 138 Å². The number of allylic oxidation sites excluding steroid dienone is 1. The highest BCUT2D eigenvalue weighted by Gasteiger charge is 2.76. The zero-order valence-corrected chi connectivity index (χ0v) is 13.0. The molecule has 24 heavy (non-hydrogen) atoms. The minimum absolute atomic E-state index is 0.0312. The van der Waals surface area contributed by atoms with Crippen molar-refractivity contribution in [3.05, 3.63) is 48.1 Å². The van der Waals surface area contributed by atoms with Gasteiger partial charge in [-0.2, -0.15) is 0 Å². The molecule has 1 N–H and O–H groups in total. The van der Waals surface area contributed by atoms with Crippen molar-refractivity contribution < 1.29 is 24.2 Å². The molecule has 5 heteroatoms. The Balaban J connectivity index is 1.83. The molecule has 4 bridgehead atoms. The van der Waals surface area contributed by atoms with Gasteiger partial charge in [-0.1, -0.05) is 18.2 Å². The molecule has 1 spiro atoms. The van der Waals surface area contributed by atoms with Crippen LogP contribution in [-0.4, -0.2) is 34.5 Å². The van der Waals surface area contributed by atoms with E-state index in [-0.39, 0.29) is 34.7 Å². The molecule has 6 rings (SSSR count). The lowest BCUT2D eigenvalue weighted by Gasteiger charge is -2.55. The molecule has 0 unspecified atom stereocenters. The van der Waals surface area contributed by atoms with Gasteiger partial charge in [0, 0.05) is 23.8 Å². The molecule has 4 atom stereocenters. The molecule has 122 valence electrons. The molecule has 2 aliphatic heterocycles. The van der Waals surface area contributed by atoms with E-state index < -0.39 is 11.2 Å². The summed E-state index contributed by atoms with van der Waals surface area (Å²) in [4.78, 5) is 26.2. The van der Waals surface area contributed by atoms with Crippen molar-refractivity contribution in [3.8, 4) is 11.5 Å². The first-order valence-electron chi connectivity index (χ1n) is 8.12. The molecule has 2 fully saturated rings. The second kappa shape index (κ2) is 4.16. The van der Waals surface area contributed by atoms with E-state index in [1.165, 1.54) is 6.07 Å². The van der Waals surface area contributed by atoms with Gasteiger partial charge in [0.2, 0.25) is 0 Å². The molecule has 1 aromatic rings. The summed E-state index contributed by atoms with van der Waals surface area (Å²) in [6.07, 6.45) is 4.31. The van der Waals surface area contributed by atoms with Gasteiger partial charge in [-0.25, -0.2) is 0 Å². The lowest BCUT2D eigenvalue weighted by Crippen LogP contribution is -2.71. The Bertz CT molecular complexity index is 853. The number of carbonyl (C=O) groups is 2. The monoisotopic (exact) mass is 324 g/mol. The van der Waals surface area contributed by atoms with Crippen LogP contribution in [0.5, 0.6) is 11.5 Å². The van der Waals surface area contributed by atoms with Crippen LogP contribution >= 0.6 is 0 Å². The number of phenols is 1. The summed E-state index contributed by atoms with van der Waals surface area (Å²) in [5, 5.41) is 10.1. The van der Waals surface area contributed by atoms with Crippen LogP contribution in [0.15, 0.2) is 42.5 Å². The van der Waals surface area contributed by atoms with E-state index in [0.29, 0.717) is 30.8 Å². The van der Waals surface area contributed by atoms with E-state index in [1.807, 2.05) is 0 Å². The Morgan fingerprint density at radius 2 is 2.21 bits per heavy atom.